The first-order chi connectivity index (χ1) is 12.4. The highest BCUT2D eigenvalue weighted by molar-refractivity contribution is 5.79. The minimum Gasteiger partial charge on any atom is -0.491 e. The number of para-hydroxylation sites is 1. The van der Waals surface area contributed by atoms with Crippen LogP contribution in [0, 0.1) is 6.92 Å². The van der Waals surface area contributed by atoms with Crippen LogP contribution in [0.3, 0.4) is 0 Å². The first-order valence-corrected chi connectivity index (χ1v) is 9.05. The summed E-state index contributed by atoms with van der Waals surface area (Å²) in [4.78, 5) is 6.48. The number of nitrogens with one attached hydrogen (secondary N) is 1. The molecule has 2 rings (SSSR count). The summed E-state index contributed by atoms with van der Waals surface area (Å²) in [5.41, 5.74) is 3.51. The van der Waals surface area contributed by atoms with Gasteiger partial charge in [0.25, 0.3) is 0 Å². The van der Waals surface area contributed by atoms with Crippen molar-refractivity contribution in [1.29, 1.82) is 0 Å². The number of hydrogen-bond donors (Lipinski definition) is 1. The zero-order valence-electron chi connectivity index (χ0n) is 16.8. The number of nitrogens with zero attached hydrogens (tertiary/aromatic N) is 4. The van der Waals surface area contributed by atoms with Gasteiger partial charge in [-0.2, -0.15) is 5.10 Å². The molecular weight excluding hydrogens is 326 g/mol. The van der Waals surface area contributed by atoms with Crippen molar-refractivity contribution >= 4 is 5.96 Å². The minimum atomic E-state index is 0.400. The van der Waals surface area contributed by atoms with E-state index in [1.165, 1.54) is 5.56 Å². The molecule has 1 heterocycles. The Bertz CT molecular complexity index is 736. The third-order valence-electron chi connectivity index (χ3n) is 4.20. The number of hydrogen-bond acceptors (Lipinski definition) is 3. The van der Waals surface area contributed by atoms with Gasteiger partial charge in [0.1, 0.15) is 12.4 Å². The lowest BCUT2D eigenvalue weighted by molar-refractivity contribution is 0.317. The first kappa shape index (κ1) is 19.8. The van der Waals surface area contributed by atoms with E-state index >= 15 is 0 Å². The molecule has 0 aliphatic heterocycles. The maximum Gasteiger partial charge on any atom is 0.193 e. The Morgan fingerprint density at radius 3 is 2.73 bits per heavy atom. The van der Waals surface area contributed by atoms with E-state index in [0.29, 0.717) is 19.1 Å². The molecule has 0 fully saturated rings. The maximum absolute atomic E-state index is 5.83. The smallest absolute Gasteiger partial charge is 0.193 e. The summed E-state index contributed by atoms with van der Waals surface area (Å²) in [6.07, 6.45) is 2.08. The summed E-state index contributed by atoms with van der Waals surface area (Å²) < 4.78 is 7.71. The van der Waals surface area contributed by atoms with Crippen LogP contribution in [0.2, 0.25) is 0 Å². The molecule has 0 atom stereocenters. The van der Waals surface area contributed by atoms with Crippen molar-refractivity contribution in [2.75, 3.05) is 27.2 Å². The van der Waals surface area contributed by atoms with Crippen LogP contribution < -0.4 is 10.1 Å². The van der Waals surface area contributed by atoms with Gasteiger partial charge in [0.05, 0.1) is 12.2 Å². The number of benzene rings is 1. The van der Waals surface area contributed by atoms with Gasteiger partial charge < -0.3 is 15.0 Å². The van der Waals surface area contributed by atoms with E-state index in [2.05, 4.69) is 53.3 Å². The van der Waals surface area contributed by atoms with Crippen molar-refractivity contribution in [2.45, 2.75) is 33.2 Å². The quantitative estimate of drug-likeness (QED) is 0.470. The van der Waals surface area contributed by atoms with Crippen molar-refractivity contribution < 1.29 is 4.74 Å². The van der Waals surface area contributed by atoms with Crippen molar-refractivity contribution in [3.05, 3.63) is 47.3 Å². The van der Waals surface area contributed by atoms with Gasteiger partial charge in [-0.3, -0.25) is 9.67 Å². The molecule has 0 unspecified atom stereocenters. The van der Waals surface area contributed by atoms with Crippen molar-refractivity contribution in [1.82, 2.24) is 20.0 Å². The fourth-order valence-electron chi connectivity index (χ4n) is 2.92. The van der Waals surface area contributed by atoms with Gasteiger partial charge in [0, 0.05) is 39.4 Å². The number of aryl methyl sites for hydroxylation is 2. The Hall–Kier alpha value is -2.50. The summed E-state index contributed by atoms with van der Waals surface area (Å²) in [6.45, 7) is 8.43. The fraction of sp³-hybridized carbons (Fsp3) is 0.500. The molecule has 2 aromatic rings. The van der Waals surface area contributed by atoms with E-state index in [4.69, 9.17) is 4.74 Å². The Kier molecular flexibility index (Phi) is 7.06. The Morgan fingerprint density at radius 2 is 2.08 bits per heavy atom. The van der Waals surface area contributed by atoms with E-state index < -0.39 is 0 Å². The first-order valence-electron chi connectivity index (χ1n) is 9.05. The highest BCUT2D eigenvalue weighted by Gasteiger charge is 2.15. The third-order valence-corrected chi connectivity index (χ3v) is 4.20. The van der Waals surface area contributed by atoms with Crippen molar-refractivity contribution in [3.63, 3.8) is 0 Å². The van der Waals surface area contributed by atoms with Gasteiger partial charge in [-0.15, -0.1) is 0 Å². The largest absolute Gasteiger partial charge is 0.491 e. The van der Waals surface area contributed by atoms with Crippen molar-refractivity contribution in [3.8, 4) is 5.75 Å². The Labute approximate surface area is 156 Å². The van der Waals surface area contributed by atoms with Crippen LogP contribution in [0.4, 0.5) is 0 Å². The van der Waals surface area contributed by atoms with Gasteiger partial charge in [0.15, 0.2) is 5.96 Å². The molecule has 0 bridgehead atoms. The predicted molar refractivity (Wildman–Crippen MR) is 107 cm³/mol. The molecule has 1 aromatic heterocycles. The van der Waals surface area contributed by atoms with Gasteiger partial charge >= 0.3 is 0 Å². The predicted octanol–water partition coefficient (Wildman–Crippen LogP) is 2.94. The number of aromatic nitrogens is 2. The number of aliphatic imine (C=N–C) groups is 1. The maximum atomic E-state index is 5.83. The van der Waals surface area contributed by atoms with E-state index in [9.17, 15) is 0 Å². The number of guanidine groups is 1. The molecule has 0 radical (unpaired) electrons. The molecule has 1 aromatic carbocycles. The summed E-state index contributed by atoms with van der Waals surface area (Å²) in [5, 5.41) is 7.93. The van der Waals surface area contributed by atoms with Gasteiger partial charge in [0.2, 0.25) is 0 Å². The summed E-state index contributed by atoms with van der Waals surface area (Å²) in [7, 11) is 5.80. The molecule has 0 saturated heterocycles. The summed E-state index contributed by atoms with van der Waals surface area (Å²) >= 11 is 0. The zero-order chi connectivity index (χ0) is 19.1. The van der Waals surface area contributed by atoms with Gasteiger partial charge in [-0.05, 0) is 24.5 Å². The van der Waals surface area contributed by atoms with E-state index in [-0.39, 0.29) is 0 Å². The zero-order valence-corrected chi connectivity index (χ0v) is 16.8. The molecule has 0 aliphatic carbocycles. The molecule has 0 spiro atoms. The minimum absolute atomic E-state index is 0.400. The van der Waals surface area contributed by atoms with Crippen LogP contribution >= 0.6 is 0 Å². The summed E-state index contributed by atoms with van der Waals surface area (Å²) in [6, 6.07) is 8.05. The van der Waals surface area contributed by atoms with Crippen LogP contribution in [-0.4, -0.2) is 47.9 Å². The summed E-state index contributed by atoms with van der Waals surface area (Å²) in [5.74, 6) is 2.17. The lowest BCUT2D eigenvalue weighted by atomic mass is 10.1. The number of rotatable bonds is 7. The second kappa shape index (κ2) is 9.27. The second-order valence-electron chi connectivity index (χ2n) is 6.81. The van der Waals surface area contributed by atoms with Gasteiger partial charge in [-0.25, -0.2) is 0 Å². The molecule has 6 heteroatoms. The fourth-order valence-corrected chi connectivity index (χ4v) is 2.92. The van der Waals surface area contributed by atoms with Crippen LogP contribution in [0.15, 0.2) is 35.5 Å². The Balaban J connectivity index is 1.87. The van der Waals surface area contributed by atoms with Crippen LogP contribution in [0.5, 0.6) is 5.75 Å². The Morgan fingerprint density at radius 1 is 1.35 bits per heavy atom. The topological polar surface area (TPSA) is 54.7 Å². The lowest BCUT2D eigenvalue weighted by Crippen LogP contribution is -2.40. The average molecular weight is 358 g/mol. The average Bonchev–Trinajstić information content (AvgIpc) is 2.97. The van der Waals surface area contributed by atoms with Crippen LogP contribution in [0.25, 0.3) is 0 Å². The van der Waals surface area contributed by atoms with Crippen LogP contribution in [-0.2, 0) is 13.6 Å². The molecule has 0 saturated carbocycles. The van der Waals surface area contributed by atoms with E-state index in [1.54, 1.807) is 7.05 Å². The third kappa shape index (κ3) is 5.25. The van der Waals surface area contributed by atoms with Crippen LogP contribution in [0.1, 0.15) is 36.6 Å². The highest BCUT2D eigenvalue weighted by Crippen LogP contribution is 2.18. The van der Waals surface area contributed by atoms with Crippen molar-refractivity contribution in [2.24, 2.45) is 12.0 Å². The molecule has 0 aliphatic rings. The molecule has 1 N–H and O–H groups in total. The molecule has 0 amide bonds. The monoisotopic (exact) mass is 357 g/mol. The van der Waals surface area contributed by atoms with Gasteiger partial charge in [-0.1, -0.05) is 32.0 Å². The molecular formula is C20H31N5O. The standard InChI is InChI=1S/C20H31N5O/c1-15(2)19-17(14-25(6)23-19)13-24(5)20(21-4)22-11-12-26-18-10-8-7-9-16(18)3/h7-10,14-15H,11-13H2,1-6H3,(H,21,22). The van der Waals surface area contributed by atoms with E-state index in [1.807, 2.05) is 37.0 Å². The highest BCUT2D eigenvalue weighted by atomic mass is 16.5. The molecule has 26 heavy (non-hydrogen) atoms. The SMILES string of the molecule is CN=C(NCCOc1ccccc1C)N(C)Cc1cn(C)nc1C(C)C. The van der Waals surface area contributed by atoms with E-state index in [0.717, 1.165) is 29.5 Å². The molecule has 6 nitrogen and oxygen atoms in total. The second-order valence-corrected chi connectivity index (χ2v) is 6.81. The number of ether oxygens (including phenoxy) is 1. The lowest BCUT2D eigenvalue weighted by Gasteiger charge is -2.22. The normalized spacial score (nSPS) is 11.7. The molecule has 142 valence electrons.